The van der Waals surface area contributed by atoms with Gasteiger partial charge in [0.2, 0.25) is 0 Å². The average molecular weight is 346 g/mol. The molecule has 0 unspecified atom stereocenters. The summed E-state index contributed by atoms with van der Waals surface area (Å²) in [6.07, 6.45) is 10.4. The zero-order chi connectivity index (χ0) is 15.0. The lowest BCUT2D eigenvalue weighted by Crippen LogP contribution is -2.46. The molecule has 0 saturated carbocycles. The van der Waals surface area contributed by atoms with Gasteiger partial charge in [-0.3, -0.25) is 9.69 Å². The molecule has 4 heteroatoms. The monoisotopic (exact) mass is 345 g/mol. The number of rotatable bonds is 1. The minimum Gasteiger partial charge on any atom is -0.359 e. The van der Waals surface area contributed by atoms with Crippen molar-refractivity contribution in [3.63, 3.8) is 0 Å². The zero-order valence-electron chi connectivity index (χ0n) is 11.8. The number of fused-ring (bicyclic) bond motifs is 2. The number of ether oxygens (including phenoxy) is 1. The highest BCUT2D eigenvalue weighted by Crippen LogP contribution is 2.51. The highest BCUT2D eigenvalue weighted by molar-refractivity contribution is 9.10. The molecule has 0 saturated heterocycles. The molecule has 1 aromatic rings. The minimum absolute atomic E-state index is 0.0484. The van der Waals surface area contributed by atoms with Gasteiger partial charge >= 0.3 is 0 Å². The van der Waals surface area contributed by atoms with E-state index in [4.69, 9.17) is 11.2 Å². The molecule has 1 spiro atoms. The van der Waals surface area contributed by atoms with Gasteiger partial charge in [-0.1, -0.05) is 47.0 Å². The Balaban J connectivity index is 2.25. The summed E-state index contributed by atoms with van der Waals surface area (Å²) in [5, 5.41) is 0. The predicted molar refractivity (Wildman–Crippen MR) is 85.9 cm³/mol. The van der Waals surface area contributed by atoms with Crippen LogP contribution in [0.4, 0.5) is 5.69 Å². The van der Waals surface area contributed by atoms with E-state index in [9.17, 15) is 4.79 Å². The van der Waals surface area contributed by atoms with Crippen LogP contribution in [0.2, 0.25) is 0 Å². The Bertz CT molecular complexity index is 661. The number of anilines is 1. The smallest absolute Gasteiger partial charge is 0.265 e. The number of halogens is 1. The Kier molecular flexibility index (Phi) is 3.64. The van der Waals surface area contributed by atoms with Gasteiger partial charge in [-0.25, -0.2) is 0 Å². The minimum atomic E-state index is -0.973. The van der Waals surface area contributed by atoms with Crippen LogP contribution < -0.4 is 4.90 Å². The zero-order valence-corrected chi connectivity index (χ0v) is 13.4. The van der Waals surface area contributed by atoms with Crippen molar-refractivity contribution in [2.45, 2.75) is 18.9 Å². The van der Waals surface area contributed by atoms with Gasteiger partial charge in [0.25, 0.3) is 5.91 Å². The second-order valence-electron chi connectivity index (χ2n) is 5.32. The molecule has 0 radical (unpaired) electrons. The van der Waals surface area contributed by atoms with E-state index in [0.717, 1.165) is 22.1 Å². The number of terminal acetylenes is 1. The maximum absolute atomic E-state index is 13.1. The fourth-order valence-electron chi connectivity index (χ4n) is 3.18. The van der Waals surface area contributed by atoms with Crippen LogP contribution in [0.15, 0.2) is 34.8 Å². The first-order chi connectivity index (χ1) is 10.1. The molecule has 3 nitrogen and oxygen atoms in total. The number of benzene rings is 1. The number of hydrogen-bond donors (Lipinski definition) is 0. The van der Waals surface area contributed by atoms with E-state index in [1.54, 1.807) is 4.90 Å². The molecule has 108 valence electrons. The molecule has 1 amide bonds. The lowest BCUT2D eigenvalue weighted by atomic mass is 9.83. The maximum atomic E-state index is 13.1. The van der Waals surface area contributed by atoms with E-state index in [0.29, 0.717) is 6.61 Å². The van der Waals surface area contributed by atoms with E-state index in [-0.39, 0.29) is 18.4 Å². The van der Waals surface area contributed by atoms with Crippen molar-refractivity contribution >= 4 is 27.5 Å². The van der Waals surface area contributed by atoms with Crippen LogP contribution in [-0.2, 0) is 15.1 Å². The lowest BCUT2D eigenvalue weighted by Gasteiger charge is -2.32. The Morgan fingerprint density at radius 2 is 2.38 bits per heavy atom. The number of amides is 1. The maximum Gasteiger partial charge on any atom is 0.265 e. The summed E-state index contributed by atoms with van der Waals surface area (Å²) in [6, 6.07) is 5.78. The molecule has 0 fully saturated rings. The normalized spacial score (nSPS) is 27.6. The number of carbonyl (C=O) groups excluding carboxylic acids is 1. The van der Waals surface area contributed by atoms with Gasteiger partial charge in [-0.05, 0) is 18.6 Å². The number of hydrogen-bond acceptors (Lipinski definition) is 2. The van der Waals surface area contributed by atoms with Gasteiger partial charge in [0.15, 0.2) is 5.60 Å². The first kappa shape index (κ1) is 14.4. The largest absolute Gasteiger partial charge is 0.359 e. The first-order valence-electron chi connectivity index (χ1n) is 6.98. The second kappa shape index (κ2) is 5.32. The summed E-state index contributed by atoms with van der Waals surface area (Å²) < 4.78 is 6.99. The van der Waals surface area contributed by atoms with Crippen LogP contribution >= 0.6 is 15.9 Å². The summed E-state index contributed by atoms with van der Waals surface area (Å²) >= 11 is 3.58. The molecule has 0 N–H and O–H groups in total. The van der Waals surface area contributed by atoms with E-state index in [2.05, 4.69) is 34.0 Å². The standard InChI is InChI=1S/C17H16BrNO2/c1-3-10-19-14-9-6-8-13(18)15(14)17(16(19)20)12(2)7-4-5-11-21-17/h1,4,6-9,12H,5,10-11H2,2H3/t12-,17-/m1/s1. The van der Waals surface area contributed by atoms with Crippen molar-refractivity contribution in [1.82, 2.24) is 0 Å². The van der Waals surface area contributed by atoms with Crippen LogP contribution in [0, 0.1) is 18.3 Å². The van der Waals surface area contributed by atoms with Crippen molar-refractivity contribution in [3.05, 3.63) is 40.4 Å². The van der Waals surface area contributed by atoms with Gasteiger partial charge < -0.3 is 4.74 Å². The second-order valence-corrected chi connectivity index (χ2v) is 6.17. The van der Waals surface area contributed by atoms with E-state index >= 15 is 0 Å². The fraction of sp³-hybridized carbons (Fsp3) is 0.353. The topological polar surface area (TPSA) is 29.5 Å². The van der Waals surface area contributed by atoms with Gasteiger partial charge in [-0.2, -0.15) is 0 Å². The molecule has 0 aliphatic carbocycles. The van der Waals surface area contributed by atoms with Gasteiger partial charge in [0, 0.05) is 16.0 Å². The van der Waals surface area contributed by atoms with Crippen LogP contribution in [0.3, 0.4) is 0 Å². The molecule has 1 aromatic carbocycles. The Hall–Kier alpha value is -1.57. The quantitative estimate of drug-likeness (QED) is 0.577. The highest BCUT2D eigenvalue weighted by atomic mass is 79.9. The summed E-state index contributed by atoms with van der Waals surface area (Å²) in [5.74, 6) is 2.45. The lowest BCUT2D eigenvalue weighted by molar-refractivity contribution is -0.148. The SMILES string of the molecule is C#CCN1C(=O)[C@]2(OCCC=C[C@H]2C)c2c(Br)cccc21. The molecule has 2 aliphatic rings. The molecule has 2 aliphatic heterocycles. The van der Waals surface area contributed by atoms with Crippen molar-refractivity contribution < 1.29 is 9.53 Å². The molecule has 2 atom stereocenters. The molecular formula is C17H16BrNO2. The van der Waals surface area contributed by atoms with Gasteiger partial charge in [-0.15, -0.1) is 6.42 Å². The van der Waals surface area contributed by atoms with Crippen LogP contribution in [0.5, 0.6) is 0 Å². The van der Waals surface area contributed by atoms with Gasteiger partial charge in [0.05, 0.1) is 18.8 Å². The summed E-state index contributed by atoms with van der Waals surface area (Å²) in [7, 11) is 0. The van der Waals surface area contributed by atoms with Crippen molar-refractivity contribution in [1.29, 1.82) is 0 Å². The molecule has 2 heterocycles. The molecule has 21 heavy (non-hydrogen) atoms. The van der Waals surface area contributed by atoms with Crippen molar-refractivity contribution in [2.24, 2.45) is 5.92 Å². The van der Waals surface area contributed by atoms with E-state index in [1.165, 1.54) is 0 Å². The Morgan fingerprint density at radius 1 is 1.57 bits per heavy atom. The third kappa shape index (κ3) is 1.96. The third-order valence-corrected chi connectivity index (χ3v) is 4.81. The first-order valence-corrected chi connectivity index (χ1v) is 7.77. The van der Waals surface area contributed by atoms with Crippen LogP contribution in [0.25, 0.3) is 0 Å². The van der Waals surface area contributed by atoms with E-state index in [1.807, 2.05) is 25.1 Å². The van der Waals surface area contributed by atoms with Crippen molar-refractivity contribution in [2.75, 3.05) is 18.1 Å². The fourth-order valence-corrected chi connectivity index (χ4v) is 3.83. The predicted octanol–water partition coefficient (Wildman–Crippen LogP) is 3.24. The summed E-state index contributed by atoms with van der Waals surface area (Å²) in [6.45, 7) is 2.80. The van der Waals surface area contributed by atoms with Crippen LogP contribution in [0.1, 0.15) is 18.9 Å². The molecular weight excluding hydrogens is 330 g/mol. The van der Waals surface area contributed by atoms with E-state index < -0.39 is 5.60 Å². The molecule has 3 rings (SSSR count). The molecule has 0 aromatic heterocycles. The summed E-state index contributed by atoms with van der Waals surface area (Å²) in [5.41, 5.74) is 0.762. The third-order valence-electron chi connectivity index (χ3n) is 4.15. The summed E-state index contributed by atoms with van der Waals surface area (Å²) in [4.78, 5) is 14.7. The number of nitrogens with zero attached hydrogens (tertiary/aromatic N) is 1. The Labute approximate surface area is 133 Å². The highest BCUT2D eigenvalue weighted by Gasteiger charge is 2.56. The number of carbonyl (C=O) groups is 1. The van der Waals surface area contributed by atoms with Crippen molar-refractivity contribution in [3.8, 4) is 12.3 Å². The van der Waals surface area contributed by atoms with Gasteiger partial charge in [0.1, 0.15) is 0 Å². The molecule has 0 bridgehead atoms. The average Bonchev–Trinajstić information content (AvgIpc) is 2.60. The Morgan fingerprint density at radius 3 is 3.14 bits per heavy atom. The van der Waals surface area contributed by atoms with Crippen LogP contribution in [-0.4, -0.2) is 19.1 Å².